The summed E-state index contributed by atoms with van der Waals surface area (Å²) in [6, 6.07) is 9.25. The van der Waals surface area contributed by atoms with E-state index in [0.717, 1.165) is 57.7 Å². The maximum absolute atomic E-state index is 13.3. The summed E-state index contributed by atoms with van der Waals surface area (Å²) in [5.74, 6) is -0.163. The normalized spacial score (nSPS) is 23.1. The molecule has 4 rings (SSSR count). The minimum absolute atomic E-state index is 0.163. The fourth-order valence-electron chi connectivity index (χ4n) is 5.28. The Morgan fingerprint density at radius 2 is 1.90 bits per heavy atom. The Morgan fingerprint density at radius 1 is 1.13 bits per heavy atom. The molecule has 2 heterocycles. The summed E-state index contributed by atoms with van der Waals surface area (Å²) >= 11 is 0. The van der Waals surface area contributed by atoms with E-state index in [1.165, 1.54) is 29.5 Å². The summed E-state index contributed by atoms with van der Waals surface area (Å²) in [6.45, 7) is 10.2. The number of halogens is 1. The van der Waals surface area contributed by atoms with Gasteiger partial charge in [-0.3, -0.25) is 9.88 Å². The van der Waals surface area contributed by atoms with Crippen LogP contribution in [0, 0.1) is 18.2 Å². The van der Waals surface area contributed by atoms with Crippen molar-refractivity contribution in [2.45, 2.75) is 64.8 Å². The van der Waals surface area contributed by atoms with Crippen molar-refractivity contribution < 1.29 is 9.13 Å². The molecule has 162 valence electrons. The average molecular weight is 411 g/mol. The first-order valence-corrected chi connectivity index (χ1v) is 11.5. The molecule has 30 heavy (non-hydrogen) atoms. The number of ether oxygens (including phenoxy) is 1. The van der Waals surface area contributed by atoms with E-state index in [1.54, 1.807) is 12.1 Å². The molecule has 3 nitrogen and oxygen atoms in total. The zero-order valence-corrected chi connectivity index (χ0v) is 18.7. The summed E-state index contributed by atoms with van der Waals surface area (Å²) in [4.78, 5) is 7.38. The van der Waals surface area contributed by atoms with Gasteiger partial charge in [-0.1, -0.05) is 19.1 Å². The van der Waals surface area contributed by atoms with E-state index in [0.29, 0.717) is 0 Å². The highest BCUT2D eigenvalue weighted by atomic mass is 19.1. The summed E-state index contributed by atoms with van der Waals surface area (Å²) in [5.41, 5.74) is 5.57. The van der Waals surface area contributed by atoms with E-state index >= 15 is 0 Å². The van der Waals surface area contributed by atoms with Gasteiger partial charge < -0.3 is 4.74 Å². The number of rotatable bonds is 9. The Bertz CT molecular complexity index is 862. The van der Waals surface area contributed by atoms with E-state index < -0.39 is 0 Å². The van der Waals surface area contributed by atoms with Gasteiger partial charge in [0.15, 0.2) is 0 Å². The van der Waals surface area contributed by atoms with Crippen LogP contribution < -0.4 is 0 Å². The number of hydrogen-bond acceptors (Lipinski definition) is 3. The van der Waals surface area contributed by atoms with Crippen LogP contribution in [0.5, 0.6) is 0 Å². The van der Waals surface area contributed by atoms with E-state index in [-0.39, 0.29) is 16.8 Å². The predicted molar refractivity (Wildman–Crippen MR) is 119 cm³/mol. The smallest absolute Gasteiger partial charge is 0.123 e. The molecule has 1 aromatic heterocycles. The van der Waals surface area contributed by atoms with E-state index in [2.05, 4.69) is 42.9 Å². The van der Waals surface area contributed by atoms with Crippen LogP contribution in [-0.2, 0) is 23.1 Å². The van der Waals surface area contributed by atoms with Crippen LogP contribution in [0.3, 0.4) is 0 Å². The number of hydrogen-bond donors (Lipinski definition) is 0. The quantitative estimate of drug-likeness (QED) is 0.550. The van der Waals surface area contributed by atoms with Gasteiger partial charge in [0.05, 0.1) is 6.61 Å². The maximum Gasteiger partial charge on any atom is 0.123 e. The number of benzene rings is 1. The largest absolute Gasteiger partial charge is 0.381 e. The zero-order chi connectivity index (χ0) is 21.2. The number of pyridine rings is 1. The highest BCUT2D eigenvalue weighted by molar-refractivity contribution is 5.37. The van der Waals surface area contributed by atoms with Gasteiger partial charge in [-0.05, 0) is 93.8 Å². The Balaban J connectivity index is 1.52. The molecule has 0 amide bonds. The van der Waals surface area contributed by atoms with Gasteiger partial charge in [-0.2, -0.15) is 0 Å². The second-order valence-corrected chi connectivity index (χ2v) is 9.30. The molecule has 1 aliphatic carbocycles. The van der Waals surface area contributed by atoms with Crippen molar-refractivity contribution in [3.63, 3.8) is 0 Å². The molecular formula is C26H35FN2O. The van der Waals surface area contributed by atoms with Crippen LogP contribution in [0.4, 0.5) is 4.39 Å². The summed E-state index contributed by atoms with van der Waals surface area (Å²) in [5, 5.41) is 0. The van der Waals surface area contributed by atoms with Gasteiger partial charge in [-0.25, -0.2) is 4.39 Å². The molecule has 1 unspecified atom stereocenters. The molecule has 1 aliphatic heterocycles. The number of aromatic nitrogens is 1. The van der Waals surface area contributed by atoms with Crippen molar-refractivity contribution in [3.05, 3.63) is 64.7 Å². The average Bonchev–Trinajstić information content (AvgIpc) is 3.45. The van der Waals surface area contributed by atoms with Gasteiger partial charge in [0.25, 0.3) is 0 Å². The molecule has 1 saturated heterocycles. The Morgan fingerprint density at radius 3 is 2.57 bits per heavy atom. The predicted octanol–water partition coefficient (Wildman–Crippen LogP) is 5.44. The summed E-state index contributed by atoms with van der Waals surface area (Å²) in [7, 11) is 0. The molecule has 0 radical (unpaired) electrons. The Labute approximate surface area is 180 Å². The van der Waals surface area contributed by atoms with Crippen molar-refractivity contribution in [2.75, 3.05) is 26.3 Å². The van der Waals surface area contributed by atoms with Crippen LogP contribution >= 0.6 is 0 Å². The minimum Gasteiger partial charge on any atom is -0.381 e. The minimum atomic E-state index is -0.163. The van der Waals surface area contributed by atoms with Crippen LogP contribution in [0.15, 0.2) is 36.5 Å². The third kappa shape index (κ3) is 4.31. The fraction of sp³-hybridized carbons (Fsp3) is 0.577. The highest BCUT2D eigenvalue weighted by Crippen LogP contribution is 2.55. The van der Waals surface area contributed by atoms with Gasteiger partial charge in [-0.15, -0.1) is 0 Å². The molecule has 0 spiro atoms. The second kappa shape index (κ2) is 8.76. The molecule has 1 aromatic carbocycles. The first kappa shape index (κ1) is 21.5. The maximum atomic E-state index is 13.3. The van der Waals surface area contributed by atoms with Crippen LogP contribution in [-0.4, -0.2) is 36.2 Å². The molecular weight excluding hydrogens is 375 g/mol. The first-order chi connectivity index (χ1) is 14.5. The summed E-state index contributed by atoms with van der Waals surface area (Å²) in [6.07, 6.45) is 8.88. The second-order valence-electron chi connectivity index (χ2n) is 9.30. The van der Waals surface area contributed by atoms with E-state index in [4.69, 9.17) is 4.74 Å². The lowest BCUT2D eigenvalue weighted by atomic mass is 9.82. The van der Waals surface area contributed by atoms with Gasteiger partial charge >= 0.3 is 0 Å². The fourth-order valence-corrected chi connectivity index (χ4v) is 5.28. The van der Waals surface area contributed by atoms with Crippen molar-refractivity contribution in [1.29, 1.82) is 0 Å². The Kier molecular flexibility index (Phi) is 6.26. The molecule has 2 aliphatic rings. The summed E-state index contributed by atoms with van der Waals surface area (Å²) < 4.78 is 19.3. The third-order valence-corrected chi connectivity index (χ3v) is 7.25. The molecule has 1 saturated carbocycles. The van der Waals surface area contributed by atoms with Crippen LogP contribution in [0.2, 0.25) is 0 Å². The first-order valence-electron chi connectivity index (χ1n) is 11.5. The molecule has 4 heteroatoms. The molecule has 2 fully saturated rings. The van der Waals surface area contributed by atoms with E-state index in [1.807, 2.05) is 12.1 Å². The molecule has 1 atom stereocenters. The lowest BCUT2D eigenvalue weighted by molar-refractivity contribution is 0.0443. The van der Waals surface area contributed by atoms with Crippen LogP contribution in [0.25, 0.3) is 0 Å². The topological polar surface area (TPSA) is 25.4 Å². The number of nitrogens with zero attached hydrogens (tertiary/aromatic N) is 2. The molecule has 0 bridgehead atoms. The zero-order valence-electron chi connectivity index (χ0n) is 18.7. The highest BCUT2D eigenvalue weighted by Gasteiger charge is 2.54. The van der Waals surface area contributed by atoms with Crippen molar-refractivity contribution >= 4 is 0 Å². The monoisotopic (exact) mass is 410 g/mol. The van der Waals surface area contributed by atoms with Gasteiger partial charge in [0.2, 0.25) is 0 Å². The van der Waals surface area contributed by atoms with Crippen molar-refractivity contribution in [1.82, 2.24) is 9.88 Å². The molecule has 0 N–H and O–H groups in total. The van der Waals surface area contributed by atoms with E-state index in [9.17, 15) is 4.39 Å². The number of likely N-dealkylation sites (tertiary alicyclic amines) is 1. The third-order valence-electron chi connectivity index (χ3n) is 7.25. The van der Waals surface area contributed by atoms with Gasteiger partial charge in [0, 0.05) is 36.0 Å². The lowest BCUT2D eigenvalue weighted by Crippen LogP contribution is -2.38. The van der Waals surface area contributed by atoms with Crippen molar-refractivity contribution in [2.24, 2.45) is 5.41 Å². The standard InChI is InChI=1S/C26H35FN2O/c1-4-22-16-20(3)28-17-24(22)26(12-13-26)29-15-14-25(18-29,19-30-5-2)11-10-21-6-8-23(27)9-7-21/h6-9,16-17H,4-5,10-15,18-19H2,1-3H3. The Hall–Kier alpha value is -1.78. The number of aryl methyl sites for hydroxylation is 3. The van der Waals surface area contributed by atoms with Crippen LogP contribution in [0.1, 0.15) is 61.9 Å². The SMILES string of the molecule is CCOCC1(CCc2ccc(F)cc2)CCN(C2(c3cnc(C)cc3CC)CC2)C1. The van der Waals surface area contributed by atoms with Crippen molar-refractivity contribution in [3.8, 4) is 0 Å². The molecule has 2 aromatic rings. The lowest BCUT2D eigenvalue weighted by Gasteiger charge is -2.34. The van der Waals surface area contributed by atoms with Gasteiger partial charge in [0.1, 0.15) is 5.82 Å².